The van der Waals surface area contributed by atoms with Crippen LogP contribution in [0.5, 0.6) is 5.75 Å². The van der Waals surface area contributed by atoms with Gasteiger partial charge in [0, 0.05) is 6.42 Å². The Kier molecular flexibility index (Phi) is 11.7. The fourth-order valence-electron chi connectivity index (χ4n) is 11.2. The first-order valence-corrected chi connectivity index (χ1v) is 19.0. The molecule has 0 N–H and O–H groups in total. The van der Waals surface area contributed by atoms with Gasteiger partial charge >= 0.3 is 18.3 Å². The zero-order chi connectivity index (χ0) is 35.8. The second-order valence-electron chi connectivity index (χ2n) is 17.1. The number of alkyl halides is 6. The highest BCUT2D eigenvalue weighted by molar-refractivity contribution is 5.69. The average Bonchev–Trinajstić information content (AvgIpc) is 3.37. The van der Waals surface area contributed by atoms with Crippen LogP contribution in [0.2, 0.25) is 0 Å². The van der Waals surface area contributed by atoms with Gasteiger partial charge < -0.3 is 9.47 Å². The number of unbranched alkanes of at least 4 members (excludes halogenated alkanes) is 1. The Balaban J connectivity index is 1.07. The number of benzene rings is 1. The topological polar surface area (TPSA) is 35.5 Å². The van der Waals surface area contributed by atoms with Crippen LogP contribution in [-0.4, -0.2) is 18.7 Å². The number of hydrogen-bond acceptors (Lipinski definition) is 3. The number of hydrogen-bond donors (Lipinski definition) is 0. The third-order valence-electron chi connectivity index (χ3n) is 13.7. The van der Waals surface area contributed by atoms with Crippen LogP contribution in [-0.2, 0) is 21.9 Å². The second kappa shape index (κ2) is 15.0. The number of carbonyl (C=O) groups is 1. The summed E-state index contributed by atoms with van der Waals surface area (Å²) in [5, 5.41) is 0. The van der Waals surface area contributed by atoms with Crippen LogP contribution in [0.1, 0.15) is 142 Å². The minimum Gasteiger partial charge on any atom is -0.494 e. The molecule has 4 fully saturated rings. The number of ether oxygens (including phenoxy) is 2. The Morgan fingerprint density at radius 1 is 0.796 bits per heavy atom. The SMILES string of the molecule is CC(C)CCCC(C)C1CCC2C3CCC4CC(OC(=O)CCCCOc5cc(C(F)(F)F)cc(C(F)(F)F)c5)CCC4(C)C3CCC12C. The smallest absolute Gasteiger partial charge is 0.416 e. The number of fused-ring (bicyclic) bond motifs is 5. The van der Waals surface area contributed by atoms with Crippen molar-refractivity contribution in [1.82, 2.24) is 0 Å². The zero-order valence-corrected chi connectivity index (χ0v) is 30.2. The van der Waals surface area contributed by atoms with E-state index >= 15 is 0 Å². The fourth-order valence-corrected chi connectivity index (χ4v) is 11.2. The maximum Gasteiger partial charge on any atom is 0.416 e. The second-order valence-corrected chi connectivity index (χ2v) is 17.1. The highest BCUT2D eigenvalue weighted by Gasteiger charge is 2.60. The number of carbonyl (C=O) groups excluding carboxylic acids is 1. The third kappa shape index (κ3) is 8.59. The van der Waals surface area contributed by atoms with Crippen LogP contribution in [0.4, 0.5) is 26.3 Å². The van der Waals surface area contributed by atoms with Gasteiger partial charge in [0.2, 0.25) is 0 Å². The molecule has 4 saturated carbocycles. The average molecular weight is 701 g/mol. The summed E-state index contributed by atoms with van der Waals surface area (Å²) in [6.45, 7) is 12.2. The lowest BCUT2D eigenvalue weighted by molar-refractivity contribution is -0.163. The van der Waals surface area contributed by atoms with Gasteiger partial charge in [0.05, 0.1) is 17.7 Å². The van der Waals surface area contributed by atoms with Crippen LogP contribution in [0.3, 0.4) is 0 Å². The molecule has 278 valence electrons. The van der Waals surface area contributed by atoms with Gasteiger partial charge in [-0.05, 0) is 141 Å². The zero-order valence-electron chi connectivity index (χ0n) is 30.2. The van der Waals surface area contributed by atoms with E-state index in [1.54, 1.807) is 0 Å². The normalized spacial score (nSPS) is 33.8. The van der Waals surface area contributed by atoms with Crippen molar-refractivity contribution in [2.24, 2.45) is 52.3 Å². The van der Waals surface area contributed by atoms with Gasteiger partial charge in [-0.3, -0.25) is 4.79 Å². The first-order valence-electron chi connectivity index (χ1n) is 19.0. The van der Waals surface area contributed by atoms with Gasteiger partial charge in [-0.15, -0.1) is 0 Å². The van der Waals surface area contributed by atoms with Gasteiger partial charge in [0.15, 0.2) is 0 Å². The van der Waals surface area contributed by atoms with Crippen molar-refractivity contribution in [3.8, 4) is 5.75 Å². The Bertz CT molecular complexity index is 1240. The van der Waals surface area contributed by atoms with Crippen LogP contribution in [0.15, 0.2) is 18.2 Å². The third-order valence-corrected chi connectivity index (χ3v) is 13.7. The molecular formula is C40H58F6O3. The molecule has 1 aromatic carbocycles. The van der Waals surface area contributed by atoms with E-state index in [-0.39, 0.29) is 31.2 Å². The summed E-state index contributed by atoms with van der Waals surface area (Å²) >= 11 is 0. The molecule has 9 heteroatoms. The van der Waals surface area contributed by atoms with E-state index in [4.69, 9.17) is 9.47 Å². The molecule has 49 heavy (non-hydrogen) atoms. The fraction of sp³-hybridized carbons (Fsp3) is 0.825. The maximum absolute atomic E-state index is 13.1. The maximum atomic E-state index is 13.1. The van der Waals surface area contributed by atoms with Crippen LogP contribution < -0.4 is 4.74 Å². The molecule has 0 bridgehead atoms. The molecule has 5 rings (SSSR count). The molecular weight excluding hydrogens is 642 g/mol. The van der Waals surface area contributed by atoms with Crippen molar-refractivity contribution in [3.63, 3.8) is 0 Å². The molecule has 0 amide bonds. The van der Waals surface area contributed by atoms with Crippen molar-refractivity contribution in [1.29, 1.82) is 0 Å². The van der Waals surface area contributed by atoms with E-state index in [2.05, 4.69) is 34.6 Å². The van der Waals surface area contributed by atoms with Gasteiger partial charge in [0.25, 0.3) is 0 Å². The number of esters is 1. The van der Waals surface area contributed by atoms with E-state index in [0.29, 0.717) is 41.7 Å². The largest absolute Gasteiger partial charge is 0.494 e. The van der Waals surface area contributed by atoms with E-state index < -0.39 is 29.2 Å². The molecule has 0 radical (unpaired) electrons. The van der Waals surface area contributed by atoms with Crippen molar-refractivity contribution < 1.29 is 40.6 Å². The van der Waals surface area contributed by atoms with Gasteiger partial charge in [-0.1, -0.05) is 53.9 Å². The van der Waals surface area contributed by atoms with Crippen molar-refractivity contribution in [2.75, 3.05) is 6.61 Å². The molecule has 9 atom stereocenters. The Morgan fingerprint density at radius 3 is 2.10 bits per heavy atom. The lowest BCUT2D eigenvalue weighted by atomic mass is 9.44. The first kappa shape index (κ1) is 38.3. The molecule has 0 spiro atoms. The first-order chi connectivity index (χ1) is 22.9. The Morgan fingerprint density at radius 2 is 1.45 bits per heavy atom. The van der Waals surface area contributed by atoms with Crippen molar-refractivity contribution >= 4 is 5.97 Å². The van der Waals surface area contributed by atoms with E-state index in [9.17, 15) is 31.1 Å². The summed E-state index contributed by atoms with van der Waals surface area (Å²) in [6, 6.07) is 1.22. The number of halogens is 6. The summed E-state index contributed by atoms with van der Waals surface area (Å²) in [5.41, 5.74) is -2.06. The lowest BCUT2D eigenvalue weighted by Gasteiger charge is -2.61. The quantitative estimate of drug-likeness (QED) is 0.124. The predicted molar refractivity (Wildman–Crippen MR) is 179 cm³/mol. The highest BCUT2D eigenvalue weighted by atomic mass is 19.4. The lowest BCUT2D eigenvalue weighted by Crippen LogP contribution is -2.54. The van der Waals surface area contributed by atoms with Gasteiger partial charge in [0.1, 0.15) is 11.9 Å². The minimum atomic E-state index is -4.93. The van der Waals surface area contributed by atoms with E-state index in [1.165, 1.54) is 57.8 Å². The summed E-state index contributed by atoms with van der Waals surface area (Å²) in [6.07, 6.45) is 5.70. The summed E-state index contributed by atoms with van der Waals surface area (Å²) in [7, 11) is 0. The van der Waals surface area contributed by atoms with Gasteiger partial charge in [-0.25, -0.2) is 0 Å². The standard InChI is InChI=1S/C40H58F6O3/c1-25(2)9-8-10-26(3)33-14-15-34-32-13-12-27-22-30(16-18-37(27,4)35(32)17-19-38(33,34)5)49-36(47)11-6-7-20-48-31-23-28(39(41,42)43)21-29(24-31)40(44,45)46/h21,23-27,30,32-35H,6-20,22H2,1-5H3. The van der Waals surface area contributed by atoms with Crippen molar-refractivity contribution in [2.45, 2.75) is 149 Å². The summed E-state index contributed by atoms with van der Waals surface area (Å²) in [4.78, 5) is 12.8. The van der Waals surface area contributed by atoms with E-state index in [0.717, 1.165) is 54.8 Å². The molecule has 3 nitrogen and oxygen atoms in total. The predicted octanol–water partition coefficient (Wildman–Crippen LogP) is 12.3. The van der Waals surface area contributed by atoms with Crippen LogP contribution >= 0.6 is 0 Å². The van der Waals surface area contributed by atoms with Crippen LogP contribution in [0.25, 0.3) is 0 Å². The highest BCUT2D eigenvalue weighted by Crippen LogP contribution is 2.68. The molecule has 4 aliphatic rings. The summed E-state index contributed by atoms with van der Waals surface area (Å²) < 4.78 is 89.9. The van der Waals surface area contributed by atoms with Crippen molar-refractivity contribution in [3.05, 3.63) is 29.3 Å². The molecule has 0 saturated heterocycles. The molecule has 0 aromatic heterocycles. The summed E-state index contributed by atoms with van der Waals surface area (Å²) in [5.74, 6) is 4.59. The van der Waals surface area contributed by atoms with Gasteiger partial charge in [-0.2, -0.15) is 26.3 Å². The molecule has 4 aliphatic carbocycles. The monoisotopic (exact) mass is 700 g/mol. The Labute approximate surface area is 289 Å². The number of rotatable bonds is 12. The Hall–Kier alpha value is -1.93. The van der Waals surface area contributed by atoms with Crippen LogP contribution in [0, 0.1) is 52.3 Å². The molecule has 1 aromatic rings. The minimum absolute atomic E-state index is 0.0779. The molecule has 0 aliphatic heterocycles. The molecule has 9 unspecified atom stereocenters. The van der Waals surface area contributed by atoms with E-state index in [1.807, 2.05) is 0 Å². The molecule has 0 heterocycles.